The molecule has 1 saturated carbocycles. The number of nitrogens with one attached hydrogen (secondary N) is 1. The van der Waals surface area contributed by atoms with Gasteiger partial charge in [-0.1, -0.05) is 6.07 Å². The molecule has 92 valence electrons. The second-order valence-electron chi connectivity index (χ2n) is 4.41. The van der Waals surface area contributed by atoms with Gasteiger partial charge < -0.3 is 16.8 Å². The summed E-state index contributed by atoms with van der Waals surface area (Å²) in [6.07, 6.45) is 2.42. The molecule has 1 aromatic carbocycles. The lowest BCUT2D eigenvalue weighted by Crippen LogP contribution is -2.31. The summed E-state index contributed by atoms with van der Waals surface area (Å²) in [6, 6.07) is 5.65. The van der Waals surface area contributed by atoms with Crippen LogP contribution in [-0.4, -0.2) is 18.5 Å². The fourth-order valence-corrected chi connectivity index (χ4v) is 2.40. The van der Waals surface area contributed by atoms with Gasteiger partial charge in [0.1, 0.15) is 0 Å². The smallest absolute Gasteiger partial charge is 0.251 e. The van der Waals surface area contributed by atoms with Crippen LogP contribution < -0.4 is 16.8 Å². The van der Waals surface area contributed by atoms with E-state index < -0.39 is 5.91 Å². The number of hydrogen-bond acceptors (Lipinski definition) is 3. The maximum absolute atomic E-state index is 11.4. The second-order valence-corrected chi connectivity index (χ2v) is 5.26. The van der Waals surface area contributed by atoms with E-state index in [0.717, 1.165) is 5.69 Å². The quantitative estimate of drug-likeness (QED) is 0.774. The summed E-state index contributed by atoms with van der Waals surface area (Å²) in [5, 5.41) is 3.20. The molecule has 2 rings (SSSR count). The predicted octanol–water partition coefficient (Wildman–Crippen LogP) is 1.70. The Bertz CT molecular complexity index is 432. The zero-order valence-corrected chi connectivity index (χ0v) is 11.0. The Kier molecular flexibility index (Phi) is 3.69. The van der Waals surface area contributed by atoms with Crippen LogP contribution in [0.4, 0.5) is 5.69 Å². The highest BCUT2D eigenvalue weighted by Gasteiger charge is 2.28. The molecule has 1 fully saturated rings. The molecule has 0 saturated heterocycles. The number of nitrogens with two attached hydrogens (primary N) is 2. The van der Waals surface area contributed by atoms with Gasteiger partial charge in [0.25, 0.3) is 5.91 Å². The predicted molar refractivity (Wildman–Crippen MR) is 71.8 cm³/mol. The highest BCUT2D eigenvalue weighted by Crippen LogP contribution is 2.32. The van der Waals surface area contributed by atoms with Gasteiger partial charge in [-0.25, -0.2) is 0 Å². The van der Waals surface area contributed by atoms with Crippen molar-refractivity contribution in [3.63, 3.8) is 0 Å². The molecule has 1 aliphatic rings. The largest absolute Gasteiger partial charge is 0.383 e. The Morgan fingerprint density at radius 3 is 2.82 bits per heavy atom. The highest BCUT2D eigenvalue weighted by atomic mass is 79.9. The first-order valence-corrected chi connectivity index (χ1v) is 6.46. The Balaban J connectivity index is 2.08. The minimum absolute atomic E-state index is 0.148. The van der Waals surface area contributed by atoms with E-state index >= 15 is 0 Å². The molecular formula is C12H16BrN3O. The van der Waals surface area contributed by atoms with Gasteiger partial charge in [-0.15, -0.1) is 0 Å². The van der Waals surface area contributed by atoms with Gasteiger partial charge in [0.05, 0.1) is 5.56 Å². The van der Waals surface area contributed by atoms with Gasteiger partial charge in [0.2, 0.25) is 0 Å². The average Bonchev–Trinajstić information content (AvgIpc) is 3.08. The van der Waals surface area contributed by atoms with Crippen molar-refractivity contribution in [2.75, 3.05) is 11.9 Å². The zero-order valence-electron chi connectivity index (χ0n) is 9.45. The number of hydrogen-bond donors (Lipinski definition) is 3. The standard InChI is InChI=1S/C12H16BrN3O/c13-8-2-1-3-10(11(8)12(15)17)16-6-9(14)7-4-5-7/h1-3,7,9,16H,4-6,14H2,(H2,15,17). The molecule has 0 bridgehead atoms. The Labute approximate surface area is 109 Å². The monoisotopic (exact) mass is 297 g/mol. The minimum atomic E-state index is -0.444. The molecule has 0 aromatic heterocycles. The summed E-state index contributed by atoms with van der Waals surface area (Å²) in [5.74, 6) is 0.187. The molecule has 5 N–H and O–H groups in total. The fraction of sp³-hybridized carbons (Fsp3) is 0.417. The molecule has 1 unspecified atom stereocenters. The third-order valence-electron chi connectivity index (χ3n) is 3.02. The van der Waals surface area contributed by atoms with Crippen molar-refractivity contribution in [2.45, 2.75) is 18.9 Å². The van der Waals surface area contributed by atoms with Crippen molar-refractivity contribution in [1.29, 1.82) is 0 Å². The van der Waals surface area contributed by atoms with E-state index in [4.69, 9.17) is 11.5 Å². The van der Waals surface area contributed by atoms with E-state index in [0.29, 0.717) is 22.5 Å². The van der Waals surface area contributed by atoms with Crippen molar-refractivity contribution < 1.29 is 4.79 Å². The number of amides is 1. The molecule has 0 spiro atoms. The zero-order chi connectivity index (χ0) is 12.4. The summed E-state index contributed by atoms with van der Waals surface area (Å²) >= 11 is 3.32. The average molecular weight is 298 g/mol. The van der Waals surface area contributed by atoms with Crippen LogP contribution in [0.3, 0.4) is 0 Å². The molecule has 17 heavy (non-hydrogen) atoms. The summed E-state index contributed by atoms with van der Waals surface area (Å²) in [5.41, 5.74) is 12.6. The Morgan fingerprint density at radius 2 is 2.24 bits per heavy atom. The molecule has 0 heterocycles. The molecule has 4 nitrogen and oxygen atoms in total. The second kappa shape index (κ2) is 5.06. The van der Waals surface area contributed by atoms with Crippen molar-refractivity contribution in [3.05, 3.63) is 28.2 Å². The third kappa shape index (κ3) is 2.98. The molecule has 0 radical (unpaired) electrons. The number of benzene rings is 1. The van der Waals surface area contributed by atoms with Crippen LogP contribution in [-0.2, 0) is 0 Å². The van der Waals surface area contributed by atoms with Gasteiger partial charge >= 0.3 is 0 Å². The van der Waals surface area contributed by atoms with E-state index in [2.05, 4.69) is 21.2 Å². The summed E-state index contributed by atoms with van der Waals surface area (Å²) in [7, 11) is 0. The number of rotatable bonds is 5. The first-order valence-electron chi connectivity index (χ1n) is 5.67. The van der Waals surface area contributed by atoms with Gasteiger partial charge in [-0.2, -0.15) is 0 Å². The van der Waals surface area contributed by atoms with Crippen LogP contribution in [0, 0.1) is 5.92 Å². The normalized spacial score (nSPS) is 16.6. The third-order valence-corrected chi connectivity index (χ3v) is 3.68. The van der Waals surface area contributed by atoms with Crippen molar-refractivity contribution in [2.24, 2.45) is 17.4 Å². The summed E-state index contributed by atoms with van der Waals surface area (Å²) in [4.78, 5) is 11.4. The first-order chi connectivity index (χ1) is 8.09. The Hall–Kier alpha value is -1.07. The molecule has 1 amide bonds. The topological polar surface area (TPSA) is 81.1 Å². The molecule has 1 aliphatic carbocycles. The van der Waals surface area contributed by atoms with Gasteiger partial charge in [-0.05, 0) is 46.8 Å². The van der Waals surface area contributed by atoms with Crippen molar-refractivity contribution in [3.8, 4) is 0 Å². The van der Waals surface area contributed by atoms with Crippen LogP contribution in [0.5, 0.6) is 0 Å². The lowest BCUT2D eigenvalue weighted by Gasteiger charge is -2.15. The molecule has 1 aromatic rings. The number of anilines is 1. The van der Waals surface area contributed by atoms with Crippen LogP contribution in [0.2, 0.25) is 0 Å². The maximum Gasteiger partial charge on any atom is 0.251 e. The number of halogens is 1. The maximum atomic E-state index is 11.4. The molecule has 1 atom stereocenters. The van der Waals surface area contributed by atoms with Crippen molar-refractivity contribution in [1.82, 2.24) is 0 Å². The van der Waals surface area contributed by atoms with Gasteiger partial charge in [0.15, 0.2) is 0 Å². The highest BCUT2D eigenvalue weighted by molar-refractivity contribution is 9.10. The number of carbonyl (C=O) groups is 1. The first kappa shape index (κ1) is 12.4. The van der Waals surface area contributed by atoms with E-state index in [1.807, 2.05) is 12.1 Å². The van der Waals surface area contributed by atoms with E-state index in [-0.39, 0.29) is 6.04 Å². The lowest BCUT2D eigenvalue weighted by atomic mass is 10.1. The van der Waals surface area contributed by atoms with Gasteiger partial charge in [0, 0.05) is 22.7 Å². The SMILES string of the molecule is NC(=O)c1c(Br)cccc1NCC(N)C1CC1. The molecule has 5 heteroatoms. The van der Waals surface area contributed by atoms with Crippen LogP contribution in [0.15, 0.2) is 22.7 Å². The summed E-state index contributed by atoms with van der Waals surface area (Å²) in [6.45, 7) is 0.668. The van der Waals surface area contributed by atoms with Crippen LogP contribution in [0.25, 0.3) is 0 Å². The van der Waals surface area contributed by atoms with E-state index in [1.54, 1.807) is 6.07 Å². The molecule has 0 aliphatic heterocycles. The van der Waals surface area contributed by atoms with Crippen LogP contribution in [0.1, 0.15) is 23.2 Å². The van der Waals surface area contributed by atoms with E-state index in [1.165, 1.54) is 12.8 Å². The lowest BCUT2D eigenvalue weighted by molar-refractivity contribution is 0.100. The Morgan fingerprint density at radius 1 is 1.53 bits per heavy atom. The van der Waals surface area contributed by atoms with Crippen LogP contribution >= 0.6 is 15.9 Å². The van der Waals surface area contributed by atoms with Crippen molar-refractivity contribution >= 4 is 27.5 Å². The molecular weight excluding hydrogens is 282 g/mol. The summed E-state index contributed by atoms with van der Waals surface area (Å²) < 4.78 is 0.704. The fourth-order valence-electron chi connectivity index (χ4n) is 1.84. The number of carbonyl (C=O) groups excluding carboxylic acids is 1. The number of primary amides is 1. The van der Waals surface area contributed by atoms with E-state index in [9.17, 15) is 4.79 Å². The van der Waals surface area contributed by atoms with Gasteiger partial charge in [-0.3, -0.25) is 4.79 Å². The minimum Gasteiger partial charge on any atom is -0.383 e.